The summed E-state index contributed by atoms with van der Waals surface area (Å²) in [7, 11) is 0. The zero-order valence-electron chi connectivity index (χ0n) is 15.2. The van der Waals surface area contributed by atoms with Gasteiger partial charge >= 0.3 is 0 Å². The average molecular weight is 359 g/mol. The molecule has 0 radical (unpaired) electrons. The van der Waals surface area contributed by atoms with Crippen LogP contribution in [0.15, 0.2) is 29.0 Å². The second-order valence-electron chi connectivity index (χ2n) is 7.26. The van der Waals surface area contributed by atoms with E-state index in [1.165, 1.54) is 0 Å². The third-order valence-corrected chi connectivity index (χ3v) is 4.37. The van der Waals surface area contributed by atoms with Crippen molar-refractivity contribution in [3.05, 3.63) is 36.0 Å². The SMILES string of the molecule is CC(C)Cc1cc(C(=O)NC[C@@]2(O)CCCN(c3ncccn3)C2)on1. The summed E-state index contributed by atoms with van der Waals surface area (Å²) in [5.74, 6) is 0.827. The number of hydrogen-bond acceptors (Lipinski definition) is 7. The Morgan fingerprint density at radius 3 is 2.92 bits per heavy atom. The molecule has 1 aliphatic heterocycles. The minimum Gasteiger partial charge on any atom is -0.386 e. The molecular formula is C18H25N5O3. The van der Waals surface area contributed by atoms with Crippen molar-refractivity contribution in [3.63, 3.8) is 0 Å². The summed E-state index contributed by atoms with van der Waals surface area (Å²) in [4.78, 5) is 22.7. The van der Waals surface area contributed by atoms with Crippen LogP contribution >= 0.6 is 0 Å². The van der Waals surface area contributed by atoms with Crippen LogP contribution in [-0.2, 0) is 6.42 Å². The molecule has 2 N–H and O–H groups in total. The van der Waals surface area contributed by atoms with E-state index in [9.17, 15) is 9.90 Å². The largest absolute Gasteiger partial charge is 0.386 e. The van der Waals surface area contributed by atoms with Gasteiger partial charge in [-0.3, -0.25) is 4.79 Å². The summed E-state index contributed by atoms with van der Waals surface area (Å²) < 4.78 is 5.12. The minimum atomic E-state index is -1.03. The lowest BCUT2D eigenvalue weighted by Gasteiger charge is -2.39. The molecule has 8 nitrogen and oxygen atoms in total. The molecule has 140 valence electrons. The molecule has 1 aliphatic rings. The van der Waals surface area contributed by atoms with Gasteiger partial charge in [0.2, 0.25) is 11.7 Å². The van der Waals surface area contributed by atoms with Crippen LogP contribution in [0.5, 0.6) is 0 Å². The molecule has 2 aromatic heterocycles. The standard InChI is InChI=1S/C18H25N5O3/c1-13(2)9-14-10-15(26-22-14)16(24)21-11-18(25)5-3-8-23(12-18)17-19-6-4-7-20-17/h4,6-7,10,13,25H,3,5,8-9,11-12H2,1-2H3,(H,21,24)/t18-/m0/s1. The lowest BCUT2D eigenvalue weighted by molar-refractivity contribution is 0.0248. The molecule has 2 aromatic rings. The van der Waals surface area contributed by atoms with Crippen molar-refractivity contribution < 1.29 is 14.4 Å². The van der Waals surface area contributed by atoms with Crippen LogP contribution in [-0.4, -0.2) is 51.4 Å². The van der Waals surface area contributed by atoms with Gasteiger partial charge in [0.05, 0.1) is 17.8 Å². The van der Waals surface area contributed by atoms with E-state index >= 15 is 0 Å². The topological polar surface area (TPSA) is 104 Å². The molecule has 26 heavy (non-hydrogen) atoms. The van der Waals surface area contributed by atoms with E-state index < -0.39 is 5.60 Å². The fraction of sp³-hybridized carbons (Fsp3) is 0.556. The smallest absolute Gasteiger partial charge is 0.290 e. The van der Waals surface area contributed by atoms with Gasteiger partial charge < -0.3 is 19.8 Å². The number of nitrogens with one attached hydrogen (secondary N) is 1. The predicted octanol–water partition coefficient (Wildman–Crippen LogP) is 1.42. The van der Waals surface area contributed by atoms with E-state index in [-0.39, 0.29) is 18.2 Å². The Labute approximate surface area is 152 Å². The highest BCUT2D eigenvalue weighted by Gasteiger charge is 2.35. The third kappa shape index (κ3) is 4.57. The van der Waals surface area contributed by atoms with Crippen molar-refractivity contribution in [2.24, 2.45) is 5.92 Å². The number of hydrogen-bond donors (Lipinski definition) is 2. The Morgan fingerprint density at radius 1 is 1.42 bits per heavy atom. The zero-order chi connectivity index (χ0) is 18.6. The quantitative estimate of drug-likeness (QED) is 0.804. The van der Waals surface area contributed by atoms with E-state index in [2.05, 4.69) is 34.3 Å². The first-order valence-electron chi connectivity index (χ1n) is 8.93. The van der Waals surface area contributed by atoms with Crippen molar-refractivity contribution in [2.75, 3.05) is 24.5 Å². The third-order valence-electron chi connectivity index (χ3n) is 4.37. The number of rotatable bonds is 6. The Balaban J connectivity index is 1.57. The van der Waals surface area contributed by atoms with E-state index in [1.807, 2.05) is 4.90 Å². The number of anilines is 1. The molecule has 8 heteroatoms. The number of amides is 1. The highest BCUT2D eigenvalue weighted by molar-refractivity contribution is 5.91. The molecule has 3 heterocycles. The molecule has 1 fully saturated rings. The van der Waals surface area contributed by atoms with Crippen LogP contribution in [0.3, 0.4) is 0 Å². The number of aromatic nitrogens is 3. The number of carbonyl (C=O) groups is 1. The van der Waals surface area contributed by atoms with Crippen molar-refractivity contribution in [1.82, 2.24) is 20.4 Å². The van der Waals surface area contributed by atoms with Crippen LogP contribution in [0.1, 0.15) is 42.9 Å². The van der Waals surface area contributed by atoms with Crippen LogP contribution < -0.4 is 10.2 Å². The maximum absolute atomic E-state index is 12.3. The van der Waals surface area contributed by atoms with Crippen LogP contribution in [0.25, 0.3) is 0 Å². The molecule has 0 aromatic carbocycles. The van der Waals surface area contributed by atoms with Gasteiger partial charge in [-0.25, -0.2) is 9.97 Å². The summed E-state index contributed by atoms with van der Waals surface area (Å²) in [6, 6.07) is 3.41. The van der Waals surface area contributed by atoms with Gasteiger partial charge in [-0.2, -0.15) is 0 Å². The van der Waals surface area contributed by atoms with E-state index in [4.69, 9.17) is 4.52 Å². The molecular weight excluding hydrogens is 334 g/mol. The number of piperidine rings is 1. The minimum absolute atomic E-state index is 0.134. The predicted molar refractivity (Wildman–Crippen MR) is 95.8 cm³/mol. The number of carbonyl (C=O) groups excluding carboxylic acids is 1. The second-order valence-corrected chi connectivity index (χ2v) is 7.26. The highest BCUT2D eigenvalue weighted by Crippen LogP contribution is 2.23. The first-order valence-corrected chi connectivity index (χ1v) is 8.93. The summed E-state index contributed by atoms with van der Waals surface area (Å²) in [5.41, 5.74) is -0.276. The van der Waals surface area contributed by atoms with Gasteiger partial charge in [0, 0.05) is 31.5 Å². The first kappa shape index (κ1) is 18.3. The fourth-order valence-corrected chi connectivity index (χ4v) is 3.15. The van der Waals surface area contributed by atoms with E-state index in [0.717, 1.165) is 25.1 Å². The van der Waals surface area contributed by atoms with Gasteiger partial charge in [-0.15, -0.1) is 0 Å². The summed E-state index contributed by atoms with van der Waals surface area (Å²) in [5, 5.41) is 17.5. The normalized spacial score (nSPS) is 20.4. The van der Waals surface area contributed by atoms with Crippen LogP contribution in [0.2, 0.25) is 0 Å². The Hall–Kier alpha value is -2.48. The molecule has 1 amide bonds. The maximum atomic E-state index is 12.3. The van der Waals surface area contributed by atoms with Gasteiger partial charge in [0.15, 0.2) is 0 Å². The Bertz CT molecular complexity index is 733. The van der Waals surface area contributed by atoms with Crippen molar-refractivity contribution in [1.29, 1.82) is 0 Å². The Morgan fingerprint density at radius 2 is 2.19 bits per heavy atom. The number of nitrogens with zero attached hydrogens (tertiary/aromatic N) is 4. The van der Waals surface area contributed by atoms with Gasteiger partial charge in [0.1, 0.15) is 0 Å². The molecule has 0 aliphatic carbocycles. The van der Waals surface area contributed by atoms with Gasteiger partial charge in [-0.05, 0) is 31.2 Å². The van der Waals surface area contributed by atoms with Crippen LogP contribution in [0.4, 0.5) is 5.95 Å². The summed E-state index contributed by atoms with van der Waals surface area (Å²) >= 11 is 0. The van der Waals surface area contributed by atoms with E-state index in [0.29, 0.717) is 24.8 Å². The molecule has 0 unspecified atom stereocenters. The lowest BCUT2D eigenvalue weighted by Crippen LogP contribution is -2.54. The molecule has 0 saturated carbocycles. The highest BCUT2D eigenvalue weighted by atomic mass is 16.5. The second kappa shape index (κ2) is 7.82. The summed E-state index contributed by atoms with van der Waals surface area (Å²) in [6.07, 6.45) is 5.51. The monoisotopic (exact) mass is 359 g/mol. The molecule has 0 bridgehead atoms. The maximum Gasteiger partial charge on any atom is 0.290 e. The van der Waals surface area contributed by atoms with Crippen LogP contribution in [0, 0.1) is 5.92 Å². The van der Waals surface area contributed by atoms with E-state index in [1.54, 1.807) is 24.5 Å². The number of β-amino-alcohol motifs (C(OH)–C–C–N with tert-alkyl or cyclic N) is 1. The average Bonchev–Trinajstić information content (AvgIpc) is 3.08. The fourth-order valence-electron chi connectivity index (χ4n) is 3.15. The molecule has 0 spiro atoms. The molecule has 1 atom stereocenters. The first-order chi connectivity index (χ1) is 12.5. The number of aliphatic hydroxyl groups is 1. The zero-order valence-corrected chi connectivity index (χ0v) is 15.2. The van der Waals surface area contributed by atoms with Crippen molar-refractivity contribution in [3.8, 4) is 0 Å². The van der Waals surface area contributed by atoms with Gasteiger partial charge in [-0.1, -0.05) is 19.0 Å². The Kier molecular flexibility index (Phi) is 5.51. The molecule has 1 saturated heterocycles. The van der Waals surface area contributed by atoms with Crippen molar-refractivity contribution in [2.45, 2.75) is 38.7 Å². The van der Waals surface area contributed by atoms with Crippen molar-refractivity contribution >= 4 is 11.9 Å². The van der Waals surface area contributed by atoms with Gasteiger partial charge in [0.25, 0.3) is 5.91 Å². The lowest BCUT2D eigenvalue weighted by atomic mass is 9.93. The molecule has 3 rings (SSSR count). The summed E-state index contributed by atoms with van der Waals surface area (Å²) in [6.45, 7) is 5.44.